The molecule has 5 fully saturated rings. The first-order chi connectivity index (χ1) is 13.2. The first-order valence-corrected chi connectivity index (χ1v) is 12.8. The molecule has 0 radical (unpaired) electrons. The zero-order valence-corrected chi connectivity index (χ0v) is 19.5. The van der Waals surface area contributed by atoms with Crippen LogP contribution in [0.15, 0.2) is 12.7 Å². The van der Waals surface area contributed by atoms with Gasteiger partial charge < -0.3 is 0 Å². The third-order valence-electron chi connectivity index (χ3n) is 12.4. The van der Waals surface area contributed by atoms with Crippen molar-refractivity contribution in [1.82, 2.24) is 0 Å². The van der Waals surface area contributed by atoms with Crippen molar-refractivity contribution in [3.05, 3.63) is 12.7 Å². The molecule has 9 atom stereocenters. The lowest BCUT2D eigenvalue weighted by molar-refractivity contribution is -0.227. The van der Waals surface area contributed by atoms with Gasteiger partial charge >= 0.3 is 0 Å². The highest BCUT2D eigenvalue weighted by Gasteiger charge is 2.68. The summed E-state index contributed by atoms with van der Waals surface area (Å²) in [4.78, 5) is 0. The van der Waals surface area contributed by atoms with Crippen LogP contribution in [0, 0.1) is 57.2 Å². The highest BCUT2D eigenvalue weighted by Crippen LogP contribution is 2.75. The van der Waals surface area contributed by atoms with E-state index >= 15 is 0 Å². The number of hydrogen-bond donors (Lipinski definition) is 0. The number of hydrogen-bond acceptors (Lipinski definition) is 0. The smallest absolute Gasteiger partial charge is 0.0202 e. The summed E-state index contributed by atoms with van der Waals surface area (Å²) in [5.74, 6) is 5.67. The predicted molar refractivity (Wildman–Crippen MR) is 120 cm³/mol. The molecule has 0 aliphatic heterocycles. The van der Waals surface area contributed by atoms with Gasteiger partial charge in [0, 0.05) is 0 Å². The highest BCUT2D eigenvalue weighted by molar-refractivity contribution is 5.17. The fraction of sp³-hybridized carbons (Fsp3) is 0.929. The molecule has 5 aliphatic rings. The van der Waals surface area contributed by atoms with Crippen molar-refractivity contribution in [2.75, 3.05) is 0 Å². The molecule has 0 saturated heterocycles. The Morgan fingerprint density at radius 2 is 1.46 bits per heavy atom. The number of fused-ring (bicyclic) bond motifs is 7. The molecule has 158 valence electrons. The average molecular weight is 383 g/mol. The van der Waals surface area contributed by atoms with Gasteiger partial charge in [0.2, 0.25) is 0 Å². The Labute approximate surface area is 175 Å². The van der Waals surface area contributed by atoms with E-state index in [1.54, 1.807) is 0 Å². The van der Waals surface area contributed by atoms with Gasteiger partial charge in [-0.2, -0.15) is 0 Å². The van der Waals surface area contributed by atoms with E-state index in [2.05, 4.69) is 47.3 Å². The molecular weight excluding hydrogens is 336 g/mol. The second-order valence-electron chi connectivity index (χ2n) is 13.4. The zero-order chi connectivity index (χ0) is 19.9. The largest absolute Gasteiger partial charge is 0.103 e. The Balaban J connectivity index is 1.53. The van der Waals surface area contributed by atoms with Gasteiger partial charge in [-0.25, -0.2) is 0 Å². The molecule has 0 aromatic carbocycles. The minimum Gasteiger partial charge on any atom is -0.103 e. The number of allylic oxidation sites excluding steroid dienone is 1. The van der Waals surface area contributed by atoms with Crippen LogP contribution >= 0.6 is 0 Å². The number of rotatable bonds is 1. The Morgan fingerprint density at radius 3 is 2.21 bits per heavy atom. The molecule has 0 bridgehead atoms. The summed E-state index contributed by atoms with van der Waals surface area (Å²) < 4.78 is 0. The summed E-state index contributed by atoms with van der Waals surface area (Å²) in [7, 11) is 0. The van der Waals surface area contributed by atoms with E-state index in [-0.39, 0.29) is 0 Å². The van der Waals surface area contributed by atoms with Gasteiger partial charge in [0.25, 0.3) is 0 Å². The summed E-state index contributed by atoms with van der Waals surface area (Å²) in [6.07, 6.45) is 18.8. The molecule has 0 N–H and O–H groups in total. The van der Waals surface area contributed by atoms with Gasteiger partial charge in [0.05, 0.1) is 0 Å². The van der Waals surface area contributed by atoms with E-state index in [9.17, 15) is 0 Å². The van der Waals surface area contributed by atoms with E-state index in [1.165, 1.54) is 70.6 Å². The molecule has 0 aromatic heterocycles. The highest BCUT2D eigenvalue weighted by atomic mass is 14.7. The summed E-state index contributed by atoms with van der Waals surface area (Å²) in [6.45, 7) is 17.8. The van der Waals surface area contributed by atoms with E-state index in [0.717, 1.165) is 35.5 Å². The molecule has 0 spiro atoms. The van der Waals surface area contributed by atoms with Crippen LogP contribution in [0.4, 0.5) is 0 Å². The van der Waals surface area contributed by atoms with E-state index in [4.69, 9.17) is 0 Å². The average Bonchev–Trinajstić information content (AvgIpc) is 3.04. The van der Waals surface area contributed by atoms with Crippen LogP contribution in [0.5, 0.6) is 0 Å². The molecule has 0 nitrogen and oxygen atoms in total. The molecule has 5 rings (SSSR count). The molecule has 5 aliphatic carbocycles. The van der Waals surface area contributed by atoms with Crippen molar-refractivity contribution >= 4 is 0 Å². The lowest BCUT2D eigenvalue weighted by Crippen LogP contribution is -2.64. The zero-order valence-electron chi connectivity index (χ0n) is 19.5. The maximum atomic E-state index is 4.27. The van der Waals surface area contributed by atoms with Crippen LogP contribution in [0.25, 0.3) is 0 Å². The van der Waals surface area contributed by atoms with Crippen molar-refractivity contribution in [2.45, 2.75) is 105 Å². The van der Waals surface area contributed by atoms with Gasteiger partial charge in [-0.15, -0.1) is 6.58 Å². The standard InChI is InChI=1S/C28H46/c1-7-19-9-10-20-13-17-27(5)21(24(19)20)11-12-23-26(4)16-8-15-25(2,3)22(26)14-18-28(23,27)6/h7,19-24H,1,8-18H2,2-6H3/t19-,20?,21?,22?,23?,24?,26+,27-,28-/m1/s1. The minimum atomic E-state index is 0.559. The van der Waals surface area contributed by atoms with E-state index in [0.29, 0.717) is 21.7 Å². The molecule has 0 aromatic rings. The fourth-order valence-electron chi connectivity index (χ4n) is 11.0. The third-order valence-corrected chi connectivity index (χ3v) is 12.4. The van der Waals surface area contributed by atoms with Crippen molar-refractivity contribution in [3.8, 4) is 0 Å². The van der Waals surface area contributed by atoms with Crippen molar-refractivity contribution in [1.29, 1.82) is 0 Å². The monoisotopic (exact) mass is 382 g/mol. The molecule has 0 heterocycles. The Kier molecular flexibility index (Phi) is 4.31. The molecule has 0 heteroatoms. The minimum absolute atomic E-state index is 0.559. The first kappa shape index (κ1) is 19.7. The van der Waals surface area contributed by atoms with Gasteiger partial charge in [-0.05, 0) is 121 Å². The summed E-state index contributed by atoms with van der Waals surface area (Å²) >= 11 is 0. The van der Waals surface area contributed by atoms with Gasteiger partial charge in [0.1, 0.15) is 0 Å². The molecule has 28 heavy (non-hydrogen) atoms. The Bertz CT molecular complexity index is 644. The maximum Gasteiger partial charge on any atom is -0.0202 e. The maximum absolute atomic E-state index is 4.27. The Morgan fingerprint density at radius 1 is 0.714 bits per heavy atom. The van der Waals surface area contributed by atoms with Crippen LogP contribution < -0.4 is 0 Å². The molecule has 0 amide bonds. The van der Waals surface area contributed by atoms with Crippen molar-refractivity contribution in [3.63, 3.8) is 0 Å². The third kappa shape index (κ3) is 2.30. The van der Waals surface area contributed by atoms with Crippen LogP contribution in [-0.2, 0) is 0 Å². The second kappa shape index (κ2) is 6.13. The summed E-state index contributed by atoms with van der Waals surface area (Å²) in [6, 6.07) is 0. The van der Waals surface area contributed by atoms with Crippen LogP contribution in [0.2, 0.25) is 0 Å². The topological polar surface area (TPSA) is 0 Å². The molecule has 5 unspecified atom stereocenters. The van der Waals surface area contributed by atoms with Crippen molar-refractivity contribution < 1.29 is 0 Å². The second-order valence-corrected chi connectivity index (χ2v) is 13.4. The lowest BCUT2D eigenvalue weighted by Gasteiger charge is -2.72. The quantitative estimate of drug-likeness (QED) is 0.400. The molecule has 5 saturated carbocycles. The fourth-order valence-corrected chi connectivity index (χ4v) is 11.0. The van der Waals surface area contributed by atoms with Gasteiger partial charge in [-0.1, -0.05) is 47.1 Å². The van der Waals surface area contributed by atoms with Crippen LogP contribution in [-0.4, -0.2) is 0 Å². The van der Waals surface area contributed by atoms with Crippen molar-refractivity contribution in [2.24, 2.45) is 57.2 Å². The Hall–Kier alpha value is -0.260. The van der Waals surface area contributed by atoms with Gasteiger partial charge in [-0.3, -0.25) is 0 Å². The van der Waals surface area contributed by atoms with Gasteiger partial charge in [0.15, 0.2) is 0 Å². The predicted octanol–water partition coefficient (Wildman–Crippen LogP) is 8.27. The van der Waals surface area contributed by atoms with E-state index in [1.807, 2.05) is 0 Å². The first-order valence-electron chi connectivity index (χ1n) is 12.8. The molecular formula is C28H46. The van der Waals surface area contributed by atoms with E-state index < -0.39 is 0 Å². The summed E-state index contributed by atoms with van der Waals surface area (Å²) in [5, 5.41) is 0. The lowest BCUT2D eigenvalue weighted by atomic mass is 9.33. The summed E-state index contributed by atoms with van der Waals surface area (Å²) in [5.41, 5.74) is 2.28. The van der Waals surface area contributed by atoms with Crippen LogP contribution in [0.1, 0.15) is 105 Å². The van der Waals surface area contributed by atoms with Crippen LogP contribution in [0.3, 0.4) is 0 Å². The normalized spacial score (nSPS) is 57.5. The SMILES string of the molecule is C=C[C@@H]1CCC2CC[C@]3(C)C(CCC4[C@@]5(C)CCCC(C)(C)C5CC[C@]43C)C21.